The highest BCUT2D eigenvalue weighted by atomic mass is 35.5. The molecule has 2 aromatic heterocycles. The summed E-state index contributed by atoms with van der Waals surface area (Å²) < 4.78 is 4.36. The van der Waals surface area contributed by atoms with Gasteiger partial charge in [-0.25, -0.2) is 9.78 Å². The number of aromatic nitrogens is 4. The molecule has 0 amide bonds. The highest BCUT2D eigenvalue weighted by Gasteiger charge is 2.20. The first-order chi connectivity index (χ1) is 13.0. The fourth-order valence-corrected chi connectivity index (χ4v) is 3.65. The van der Waals surface area contributed by atoms with E-state index in [9.17, 15) is 9.59 Å². The van der Waals surface area contributed by atoms with Crippen LogP contribution in [0, 0.1) is 0 Å². The van der Waals surface area contributed by atoms with E-state index >= 15 is 0 Å². The zero-order valence-corrected chi connectivity index (χ0v) is 16.1. The van der Waals surface area contributed by atoms with Crippen LogP contribution in [-0.2, 0) is 20.8 Å². The minimum Gasteiger partial charge on any atom is -0.369 e. The maximum atomic E-state index is 12.5. The van der Waals surface area contributed by atoms with E-state index in [1.165, 1.54) is 11.6 Å². The van der Waals surface area contributed by atoms with Crippen LogP contribution >= 0.6 is 11.6 Å². The minimum atomic E-state index is -0.366. The molecule has 9 heteroatoms. The average molecular weight is 389 g/mol. The van der Waals surface area contributed by atoms with Crippen molar-refractivity contribution in [3.63, 3.8) is 0 Å². The van der Waals surface area contributed by atoms with E-state index in [1.54, 1.807) is 13.4 Å². The molecule has 1 saturated heterocycles. The number of rotatable bonds is 3. The van der Waals surface area contributed by atoms with Crippen molar-refractivity contribution < 1.29 is 0 Å². The first-order valence-electron chi connectivity index (χ1n) is 8.79. The third kappa shape index (κ3) is 3.15. The lowest BCUT2D eigenvalue weighted by Crippen LogP contribution is -2.47. The summed E-state index contributed by atoms with van der Waals surface area (Å²) in [5.41, 5.74) is 1.36. The molecule has 3 heterocycles. The molecule has 1 fully saturated rings. The number of aryl methyl sites for hydroxylation is 1. The van der Waals surface area contributed by atoms with Gasteiger partial charge in [-0.3, -0.25) is 18.8 Å². The molecule has 3 aromatic rings. The van der Waals surface area contributed by atoms with Crippen LogP contribution in [0.5, 0.6) is 0 Å². The van der Waals surface area contributed by atoms with Gasteiger partial charge in [0.15, 0.2) is 11.2 Å². The SMILES string of the molecule is Cn1c(=O)c2c(ncn2CN2CCN(c3ccc(Cl)cc3)CC2)n(C)c1=O. The van der Waals surface area contributed by atoms with Crippen LogP contribution in [0.2, 0.25) is 5.02 Å². The number of halogens is 1. The zero-order chi connectivity index (χ0) is 19.1. The van der Waals surface area contributed by atoms with Gasteiger partial charge in [-0.2, -0.15) is 0 Å². The normalized spacial score (nSPS) is 15.6. The van der Waals surface area contributed by atoms with Crippen LogP contribution in [0.1, 0.15) is 0 Å². The summed E-state index contributed by atoms with van der Waals surface area (Å²) >= 11 is 5.96. The highest BCUT2D eigenvalue weighted by Crippen LogP contribution is 2.19. The lowest BCUT2D eigenvalue weighted by atomic mass is 10.2. The van der Waals surface area contributed by atoms with Crippen LogP contribution in [0.3, 0.4) is 0 Å². The van der Waals surface area contributed by atoms with Crippen molar-refractivity contribution in [2.24, 2.45) is 14.1 Å². The molecule has 0 N–H and O–H groups in total. The number of benzene rings is 1. The molecule has 0 atom stereocenters. The Bertz CT molecular complexity index is 1090. The Morgan fingerprint density at radius 1 is 1.00 bits per heavy atom. The predicted octanol–water partition coefficient (Wildman–Crippen LogP) is 0.867. The molecule has 0 radical (unpaired) electrons. The highest BCUT2D eigenvalue weighted by molar-refractivity contribution is 6.30. The van der Waals surface area contributed by atoms with Gasteiger partial charge in [0.25, 0.3) is 5.56 Å². The van der Waals surface area contributed by atoms with Crippen LogP contribution < -0.4 is 16.1 Å². The summed E-state index contributed by atoms with van der Waals surface area (Å²) in [6.45, 7) is 4.09. The lowest BCUT2D eigenvalue weighted by Gasteiger charge is -2.36. The van der Waals surface area contributed by atoms with Gasteiger partial charge in [0.05, 0.1) is 13.0 Å². The van der Waals surface area contributed by atoms with E-state index in [-0.39, 0.29) is 11.2 Å². The maximum Gasteiger partial charge on any atom is 0.332 e. The number of hydrogen-bond donors (Lipinski definition) is 0. The van der Waals surface area contributed by atoms with Crippen LogP contribution in [0.15, 0.2) is 40.2 Å². The van der Waals surface area contributed by atoms with Gasteiger partial charge < -0.3 is 9.47 Å². The molecule has 4 rings (SSSR count). The largest absolute Gasteiger partial charge is 0.369 e. The van der Waals surface area contributed by atoms with Gasteiger partial charge in [0.2, 0.25) is 0 Å². The van der Waals surface area contributed by atoms with Gasteiger partial charge in [0.1, 0.15) is 0 Å². The van der Waals surface area contributed by atoms with Crippen molar-refractivity contribution in [1.82, 2.24) is 23.6 Å². The first-order valence-corrected chi connectivity index (χ1v) is 9.17. The Morgan fingerprint density at radius 3 is 2.33 bits per heavy atom. The Hall–Kier alpha value is -2.58. The lowest BCUT2D eigenvalue weighted by molar-refractivity contribution is 0.208. The Balaban J connectivity index is 1.52. The van der Waals surface area contributed by atoms with E-state index in [1.807, 2.05) is 28.8 Å². The molecule has 0 saturated carbocycles. The Labute approximate surface area is 160 Å². The van der Waals surface area contributed by atoms with Crippen molar-refractivity contribution in [3.8, 4) is 0 Å². The van der Waals surface area contributed by atoms with Crippen LogP contribution in [0.25, 0.3) is 11.2 Å². The van der Waals surface area contributed by atoms with Crippen molar-refractivity contribution in [1.29, 1.82) is 0 Å². The molecule has 0 aliphatic carbocycles. The van der Waals surface area contributed by atoms with Gasteiger partial charge in [-0.05, 0) is 24.3 Å². The molecule has 142 valence electrons. The van der Waals surface area contributed by atoms with Crippen LogP contribution in [0.4, 0.5) is 5.69 Å². The summed E-state index contributed by atoms with van der Waals surface area (Å²) in [4.78, 5) is 33.5. The average Bonchev–Trinajstić information content (AvgIpc) is 3.10. The Kier molecular flexibility index (Phi) is 4.53. The third-order valence-corrected chi connectivity index (χ3v) is 5.39. The van der Waals surface area contributed by atoms with E-state index in [0.717, 1.165) is 41.5 Å². The molecular formula is C18H21ClN6O2. The predicted molar refractivity (Wildman–Crippen MR) is 105 cm³/mol. The second-order valence-electron chi connectivity index (χ2n) is 6.82. The summed E-state index contributed by atoms with van der Waals surface area (Å²) in [6.07, 6.45) is 1.64. The molecular weight excluding hydrogens is 368 g/mol. The van der Waals surface area contributed by atoms with E-state index in [4.69, 9.17) is 11.6 Å². The summed E-state index contributed by atoms with van der Waals surface area (Å²) in [7, 11) is 3.12. The molecule has 0 bridgehead atoms. The van der Waals surface area contributed by atoms with Gasteiger partial charge in [0, 0.05) is 51.0 Å². The van der Waals surface area contributed by atoms with E-state index in [0.29, 0.717) is 17.8 Å². The monoisotopic (exact) mass is 388 g/mol. The fraction of sp³-hybridized carbons (Fsp3) is 0.389. The van der Waals surface area contributed by atoms with Crippen molar-refractivity contribution >= 4 is 28.5 Å². The first kappa shape index (κ1) is 17.8. The minimum absolute atomic E-state index is 0.314. The topological polar surface area (TPSA) is 68.3 Å². The molecule has 0 spiro atoms. The number of hydrogen-bond acceptors (Lipinski definition) is 5. The number of anilines is 1. The van der Waals surface area contributed by atoms with Gasteiger partial charge >= 0.3 is 5.69 Å². The molecule has 1 aromatic carbocycles. The van der Waals surface area contributed by atoms with Crippen molar-refractivity contribution in [2.75, 3.05) is 31.1 Å². The standard InChI is InChI=1S/C18H21ClN6O2/c1-21-16-15(17(26)22(2)18(21)27)25(11-20-16)12-23-7-9-24(10-8-23)14-5-3-13(19)4-6-14/h3-6,11H,7-10,12H2,1-2H3. The van der Waals surface area contributed by atoms with E-state index in [2.05, 4.69) is 14.8 Å². The maximum absolute atomic E-state index is 12.5. The van der Waals surface area contributed by atoms with Crippen molar-refractivity contribution in [2.45, 2.75) is 6.67 Å². The smallest absolute Gasteiger partial charge is 0.332 e. The fourth-order valence-electron chi connectivity index (χ4n) is 3.52. The van der Waals surface area contributed by atoms with E-state index < -0.39 is 0 Å². The Morgan fingerprint density at radius 2 is 1.67 bits per heavy atom. The molecule has 0 unspecified atom stereocenters. The zero-order valence-electron chi connectivity index (χ0n) is 15.3. The summed E-state index contributed by atoms with van der Waals surface area (Å²) in [5, 5.41) is 0.736. The quantitative estimate of drug-likeness (QED) is 0.666. The van der Waals surface area contributed by atoms with Gasteiger partial charge in [-0.15, -0.1) is 0 Å². The van der Waals surface area contributed by atoms with Gasteiger partial charge in [-0.1, -0.05) is 11.6 Å². The number of nitrogens with zero attached hydrogens (tertiary/aromatic N) is 6. The summed E-state index contributed by atoms with van der Waals surface area (Å²) in [5.74, 6) is 0. The van der Waals surface area contributed by atoms with Crippen LogP contribution in [-0.4, -0.2) is 49.8 Å². The number of imidazole rings is 1. The number of piperazine rings is 1. The number of fused-ring (bicyclic) bond motifs is 1. The molecule has 1 aliphatic heterocycles. The molecule has 8 nitrogen and oxygen atoms in total. The third-order valence-electron chi connectivity index (χ3n) is 5.13. The second-order valence-corrected chi connectivity index (χ2v) is 7.25. The summed E-state index contributed by atoms with van der Waals surface area (Å²) in [6, 6.07) is 7.87. The van der Waals surface area contributed by atoms with Crippen molar-refractivity contribution in [3.05, 3.63) is 56.5 Å². The second kappa shape index (κ2) is 6.86. The molecule has 1 aliphatic rings. The molecule has 27 heavy (non-hydrogen) atoms.